The van der Waals surface area contributed by atoms with Gasteiger partial charge in [0.15, 0.2) is 5.89 Å². The molecule has 0 saturated carbocycles. The molecule has 0 unspecified atom stereocenters. The summed E-state index contributed by atoms with van der Waals surface area (Å²) in [6, 6.07) is 0. The molecular formula is C11H17NO. The van der Waals surface area contributed by atoms with Gasteiger partial charge in [0.05, 0.1) is 0 Å². The number of allylic oxidation sites excluding steroid dienone is 1. The molecule has 1 heterocycles. The lowest BCUT2D eigenvalue weighted by molar-refractivity contribution is 0.354. The maximum absolute atomic E-state index is 5.33. The molecular weight excluding hydrogens is 162 g/mol. The van der Waals surface area contributed by atoms with E-state index in [1.54, 1.807) is 6.26 Å². The molecule has 1 rings (SSSR count). The lowest BCUT2D eigenvalue weighted by atomic mass is 9.92. The van der Waals surface area contributed by atoms with Crippen LogP contribution >= 0.6 is 0 Å². The number of oxazole rings is 1. The van der Waals surface area contributed by atoms with Gasteiger partial charge in [0, 0.05) is 6.42 Å². The third-order valence-corrected chi connectivity index (χ3v) is 1.59. The molecule has 0 N–H and O–H groups in total. The van der Waals surface area contributed by atoms with Crippen LogP contribution in [0.3, 0.4) is 0 Å². The first-order chi connectivity index (χ1) is 6.01. The normalized spacial score (nSPS) is 12.6. The highest BCUT2D eigenvalue weighted by molar-refractivity contribution is 5.41. The van der Waals surface area contributed by atoms with Gasteiger partial charge in [-0.15, -0.1) is 0 Å². The van der Waals surface area contributed by atoms with Gasteiger partial charge in [-0.2, -0.15) is 0 Å². The molecule has 13 heavy (non-hydrogen) atoms. The molecule has 1 aromatic heterocycles. The van der Waals surface area contributed by atoms with Crippen LogP contribution in [0.15, 0.2) is 16.8 Å². The summed E-state index contributed by atoms with van der Waals surface area (Å²) in [5.41, 5.74) is 1.14. The van der Waals surface area contributed by atoms with Crippen molar-refractivity contribution in [3.63, 3.8) is 0 Å². The zero-order valence-electron chi connectivity index (χ0n) is 8.79. The summed E-state index contributed by atoms with van der Waals surface area (Å²) in [6.07, 6.45) is 6.47. The average Bonchev–Trinajstić information content (AvgIpc) is 2.33. The Balaban J connectivity index is 2.69. The van der Waals surface area contributed by atoms with E-state index in [1.807, 2.05) is 19.1 Å². The average molecular weight is 179 g/mol. The molecule has 0 bridgehead atoms. The Bertz CT molecular complexity index is 291. The van der Waals surface area contributed by atoms with Crippen molar-refractivity contribution < 1.29 is 4.42 Å². The summed E-state index contributed by atoms with van der Waals surface area (Å²) in [4.78, 5) is 4.33. The van der Waals surface area contributed by atoms with E-state index >= 15 is 0 Å². The molecule has 2 nitrogen and oxygen atoms in total. The van der Waals surface area contributed by atoms with E-state index in [-0.39, 0.29) is 5.41 Å². The first-order valence-corrected chi connectivity index (χ1v) is 4.58. The fourth-order valence-corrected chi connectivity index (χ4v) is 1.11. The Hall–Kier alpha value is -1.05. The van der Waals surface area contributed by atoms with Crippen LogP contribution in [0.5, 0.6) is 0 Å². The van der Waals surface area contributed by atoms with Crippen LogP contribution in [-0.2, 0) is 6.42 Å². The van der Waals surface area contributed by atoms with Gasteiger partial charge < -0.3 is 4.42 Å². The van der Waals surface area contributed by atoms with Gasteiger partial charge in [-0.3, -0.25) is 0 Å². The Morgan fingerprint density at radius 3 is 2.69 bits per heavy atom. The molecule has 0 saturated heterocycles. The van der Waals surface area contributed by atoms with E-state index < -0.39 is 0 Å². The number of hydrogen-bond acceptors (Lipinski definition) is 2. The van der Waals surface area contributed by atoms with Gasteiger partial charge in [0.1, 0.15) is 12.0 Å². The Morgan fingerprint density at radius 2 is 2.15 bits per heavy atom. The third kappa shape index (κ3) is 3.45. The van der Waals surface area contributed by atoms with Crippen LogP contribution in [0.4, 0.5) is 0 Å². The first-order valence-electron chi connectivity index (χ1n) is 4.58. The molecule has 0 amide bonds. The summed E-state index contributed by atoms with van der Waals surface area (Å²) in [5, 5.41) is 0. The summed E-state index contributed by atoms with van der Waals surface area (Å²) in [7, 11) is 0. The van der Waals surface area contributed by atoms with Gasteiger partial charge in [-0.25, -0.2) is 4.98 Å². The van der Waals surface area contributed by atoms with E-state index in [2.05, 4.69) is 25.8 Å². The summed E-state index contributed by atoms with van der Waals surface area (Å²) < 4.78 is 5.33. The maximum Gasteiger partial charge on any atom is 0.195 e. The Labute approximate surface area is 79.7 Å². The number of nitrogens with zero attached hydrogens (tertiary/aromatic N) is 1. The second-order valence-corrected chi connectivity index (χ2v) is 4.40. The van der Waals surface area contributed by atoms with Crippen molar-refractivity contribution in [2.24, 2.45) is 5.41 Å². The molecule has 72 valence electrons. The number of rotatable bonds is 2. The molecule has 0 atom stereocenters. The Morgan fingerprint density at radius 1 is 1.46 bits per heavy atom. The van der Waals surface area contributed by atoms with Gasteiger partial charge >= 0.3 is 0 Å². The van der Waals surface area contributed by atoms with E-state index in [9.17, 15) is 0 Å². The number of hydrogen-bond donors (Lipinski definition) is 0. The smallest absolute Gasteiger partial charge is 0.195 e. The minimum Gasteiger partial charge on any atom is -0.448 e. The number of aromatic nitrogens is 1. The highest BCUT2D eigenvalue weighted by atomic mass is 16.3. The molecule has 0 aliphatic heterocycles. The van der Waals surface area contributed by atoms with Crippen LogP contribution < -0.4 is 0 Å². The largest absolute Gasteiger partial charge is 0.448 e. The van der Waals surface area contributed by atoms with Crippen LogP contribution in [0.2, 0.25) is 0 Å². The summed E-state index contributed by atoms with van der Waals surface area (Å²) in [6.45, 7) is 8.49. The van der Waals surface area contributed by atoms with E-state index in [1.165, 1.54) is 0 Å². The quantitative estimate of drug-likeness (QED) is 0.696. The van der Waals surface area contributed by atoms with Crippen molar-refractivity contribution in [2.45, 2.75) is 34.1 Å². The second-order valence-electron chi connectivity index (χ2n) is 4.40. The minimum absolute atomic E-state index is 0.234. The van der Waals surface area contributed by atoms with Crippen LogP contribution in [0.1, 0.15) is 39.3 Å². The summed E-state index contributed by atoms with van der Waals surface area (Å²) >= 11 is 0. The monoisotopic (exact) mass is 179 g/mol. The van der Waals surface area contributed by atoms with Crippen molar-refractivity contribution >= 4 is 6.08 Å². The van der Waals surface area contributed by atoms with Crippen LogP contribution in [-0.4, -0.2) is 4.98 Å². The molecule has 0 fully saturated rings. The summed E-state index contributed by atoms with van der Waals surface area (Å²) in [5.74, 6) is 0.820. The van der Waals surface area contributed by atoms with E-state index in [0.29, 0.717) is 0 Å². The molecule has 0 radical (unpaired) electrons. The fraction of sp³-hybridized carbons (Fsp3) is 0.545. The van der Waals surface area contributed by atoms with Crippen molar-refractivity contribution in [2.75, 3.05) is 0 Å². The van der Waals surface area contributed by atoms with Crippen LogP contribution in [0.25, 0.3) is 6.08 Å². The Kier molecular flexibility index (Phi) is 2.91. The minimum atomic E-state index is 0.234. The zero-order chi connectivity index (χ0) is 9.90. The molecule has 0 aliphatic rings. The SMILES string of the molecule is C/C=C/c1coc(CC(C)(C)C)n1. The van der Waals surface area contributed by atoms with Crippen molar-refractivity contribution in [3.05, 3.63) is 23.9 Å². The maximum atomic E-state index is 5.33. The van der Waals surface area contributed by atoms with Gasteiger partial charge in [0.2, 0.25) is 0 Å². The van der Waals surface area contributed by atoms with Gasteiger partial charge in [0.25, 0.3) is 0 Å². The highest BCUT2D eigenvalue weighted by Crippen LogP contribution is 2.20. The van der Waals surface area contributed by atoms with Crippen LogP contribution in [0, 0.1) is 5.41 Å². The van der Waals surface area contributed by atoms with E-state index in [4.69, 9.17) is 4.42 Å². The topological polar surface area (TPSA) is 26.0 Å². The van der Waals surface area contributed by atoms with Gasteiger partial charge in [-0.05, 0) is 18.4 Å². The second kappa shape index (κ2) is 3.77. The molecule has 0 aliphatic carbocycles. The standard InChI is InChI=1S/C11H17NO/c1-5-6-9-8-13-10(12-9)7-11(2,3)4/h5-6,8H,7H2,1-4H3/b6-5+. The van der Waals surface area contributed by atoms with Gasteiger partial charge in [-0.1, -0.05) is 26.8 Å². The van der Waals surface area contributed by atoms with E-state index in [0.717, 1.165) is 18.0 Å². The predicted octanol–water partition coefficient (Wildman–Crippen LogP) is 3.30. The highest BCUT2D eigenvalue weighted by Gasteiger charge is 2.14. The zero-order valence-corrected chi connectivity index (χ0v) is 8.79. The third-order valence-electron chi connectivity index (χ3n) is 1.59. The molecule has 0 spiro atoms. The molecule has 1 aromatic rings. The first kappa shape index (κ1) is 10.0. The fourth-order valence-electron chi connectivity index (χ4n) is 1.11. The molecule has 0 aromatic carbocycles. The lowest BCUT2D eigenvalue weighted by Crippen LogP contribution is -2.09. The van der Waals surface area contributed by atoms with Crippen molar-refractivity contribution in [3.8, 4) is 0 Å². The van der Waals surface area contributed by atoms with Crippen molar-refractivity contribution in [1.29, 1.82) is 0 Å². The predicted molar refractivity (Wildman–Crippen MR) is 54.4 cm³/mol. The lowest BCUT2D eigenvalue weighted by Gasteiger charge is -2.14. The molecule has 2 heteroatoms. The van der Waals surface area contributed by atoms with Crippen molar-refractivity contribution in [1.82, 2.24) is 4.98 Å².